The maximum atomic E-state index is 12.3. The quantitative estimate of drug-likeness (QED) is 0.665. The zero-order valence-corrected chi connectivity index (χ0v) is 12.9. The van der Waals surface area contributed by atoms with Gasteiger partial charge in [-0.2, -0.15) is 0 Å². The number of hydrogen-bond acceptors (Lipinski definition) is 5. The maximum Gasteiger partial charge on any atom is 0.344 e. The van der Waals surface area contributed by atoms with Gasteiger partial charge < -0.3 is 19.7 Å². The van der Waals surface area contributed by atoms with E-state index in [1.807, 2.05) is 0 Å². The lowest BCUT2D eigenvalue weighted by molar-refractivity contribution is 0.0695. The minimum absolute atomic E-state index is 0.0557. The van der Waals surface area contributed by atoms with Crippen LogP contribution in [0.2, 0.25) is 0 Å². The molecule has 0 aromatic heterocycles. The van der Waals surface area contributed by atoms with Crippen molar-refractivity contribution in [1.29, 1.82) is 0 Å². The van der Waals surface area contributed by atoms with Crippen LogP contribution in [0, 0.1) is 13.8 Å². The van der Waals surface area contributed by atoms with Gasteiger partial charge in [0, 0.05) is 11.1 Å². The van der Waals surface area contributed by atoms with Crippen molar-refractivity contribution in [2.24, 2.45) is 0 Å². The van der Waals surface area contributed by atoms with Crippen LogP contribution < -0.4 is 9.47 Å². The number of methoxy groups -OCH3 is 1. The van der Waals surface area contributed by atoms with E-state index in [1.165, 1.54) is 26.2 Å². The van der Waals surface area contributed by atoms with Crippen molar-refractivity contribution in [3.8, 4) is 17.2 Å². The zero-order valence-electron chi connectivity index (χ0n) is 12.9. The van der Waals surface area contributed by atoms with Gasteiger partial charge in [0.1, 0.15) is 5.75 Å². The lowest BCUT2D eigenvalue weighted by atomic mass is 10.1. The molecule has 0 fully saturated rings. The van der Waals surface area contributed by atoms with Crippen LogP contribution in [0.1, 0.15) is 31.8 Å². The average molecular weight is 316 g/mol. The van der Waals surface area contributed by atoms with Crippen molar-refractivity contribution in [3.05, 3.63) is 52.6 Å². The van der Waals surface area contributed by atoms with E-state index in [9.17, 15) is 14.7 Å². The molecule has 0 aliphatic carbocycles. The van der Waals surface area contributed by atoms with Crippen molar-refractivity contribution in [2.75, 3.05) is 7.11 Å². The molecule has 0 saturated heterocycles. The number of aromatic hydroxyl groups is 1. The number of carboxylic acids is 1. The summed E-state index contributed by atoms with van der Waals surface area (Å²) >= 11 is 0. The first kappa shape index (κ1) is 16.4. The molecule has 0 bridgehead atoms. The molecule has 0 unspecified atom stereocenters. The van der Waals surface area contributed by atoms with E-state index in [0.29, 0.717) is 16.9 Å². The van der Waals surface area contributed by atoms with Gasteiger partial charge in [-0.15, -0.1) is 0 Å². The van der Waals surface area contributed by atoms with E-state index < -0.39 is 11.9 Å². The highest BCUT2D eigenvalue weighted by Gasteiger charge is 2.19. The highest BCUT2D eigenvalue weighted by molar-refractivity contribution is 5.94. The number of phenolic OH excluding ortho intramolecular Hbond substituents is 1. The number of hydrogen-bond donors (Lipinski definition) is 2. The van der Waals surface area contributed by atoms with Crippen LogP contribution >= 0.6 is 0 Å². The topological polar surface area (TPSA) is 93.1 Å². The molecule has 0 spiro atoms. The summed E-state index contributed by atoms with van der Waals surface area (Å²) in [5.74, 6) is -1.77. The fourth-order valence-electron chi connectivity index (χ4n) is 2.20. The predicted octanol–water partition coefficient (Wildman–Crippen LogP) is 2.94. The number of carbonyl (C=O) groups is 2. The number of carbonyl (C=O) groups excluding carboxylic acids is 1. The number of ether oxygens (including phenoxy) is 2. The van der Waals surface area contributed by atoms with Gasteiger partial charge in [0.15, 0.2) is 11.5 Å². The van der Waals surface area contributed by atoms with Crippen LogP contribution in [0.15, 0.2) is 30.3 Å². The second-order valence-electron chi connectivity index (χ2n) is 4.91. The van der Waals surface area contributed by atoms with Crippen LogP contribution in [0.3, 0.4) is 0 Å². The van der Waals surface area contributed by atoms with Crippen molar-refractivity contribution >= 4 is 11.9 Å². The molecule has 0 heterocycles. The summed E-state index contributed by atoms with van der Waals surface area (Å²) < 4.78 is 10.3. The number of phenols is 1. The van der Waals surface area contributed by atoms with Gasteiger partial charge in [-0.05, 0) is 38.1 Å². The Hall–Kier alpha value is -3.02. The monoisotopic (exact) mass is 316 g/mol. The average Bonchev–Trinajstić information content (AvgIpc) is 2.51. The summed E-state index contributed by atoms with van der Waals surface area (Å²) in [6, 6.07) is 7.48. The van der Waals surface area contributed by atoms with Gasteiger partial charge >= 0.3 is 11.9 Å². The Balaban J connectivity index is 2.35. The number of esters is 1. The number of rotatable bonds is 4. The zero-order chi connectivity index (χ0) is 17.1. The summed E-state index contributed by atoms with van der Waals surface area (Å²) in [7, 11) is 1.50. The first-order chi connectivity index (χ1) is 10.9. The standard InChI is InChI=1S/C17H16O6/c1-9-12(5-4-6-13(9)22-3)17(21)23-14-8-7-11(16(19)20)10(2)15(14)18/h4-8,18H,1-3H3,(H,19,20). The molecular weight excluding hydrogens is 300 g/mol. The van der Waals surface area contributed by atoms with E-state index in [2.05, 4.69) is 0 Å². The molecule has 2 N–H and O–H groups in total. The smallest absolute Gasteiger partial charge is 0.344 e. The second kappa shape index (κ2) is 6.39. The lowest BCUT2D eigenvalue weighted by Gasteiger charge is -2.12. The van der Waals surface area contributed by atoms with Crippen LogP contribution in [-0.4, -0.2) is 29.3 Å². The van der Waals surface area contributed by atoms with Gasteiger partial charge in [0.05, 0.1) is 18.2 Å². The minimum atomic E-state index is -1.17. The molecule has 6 heteroatoms. The summed E-state index contributed by atoms with van der Waals surface area (Å²) in [6.45, 7) is 3.15. The van der Waals surface area contributed by atoms with Gasteiger partial charge in [-0.1, -0.05) is 6.07 Å². The fraction of sp³-hybridized carbons (Fsp3) is 0.176. The number of carboxylic acid groups (broad SMARTS) is 1. The molecule has 120 valence electrons. The first-order valence-corrected chi connectivity index (χ1v) is 6.78. The van der Waals surface area contributed by atoms with Crippen LogP contribution in [-0.2, 0) is 0 Å². The highest BCUT2D eigenvalue weighted by Crippen LogP contribution is 2.33. The van der Waals surface area contributed by atoms with Gasteiger partial charge in [0.25, 0.3) is 0 Å². The van der Waals surface area contributed by atoms with E-state index >= 15 is 0 Å². The predicted molar refractivity (Wildman–Crippen MR) is 82.5 cm³/mol. The minimum Gasteiger partial charge on any atom is -0.504 e. The largest absolute Gasteiger partial charge is 0.504 e. The molecule has 2 rings (SSSR count). The van der Waals surface area contributed by atoms with Crippen LogP contribution in [0.5, 0.6) is 17.2 Å². The summed E-state index contributed by atoms with van der Waals surface area (Å²) in [6.07, 6.45) is 0. The van der Waals surface area contributed by atoms with Crippen molar-refractivity contribution < 1.29 is 29.3 Å². The summed E-state index contributed by atoms with van der Waals surface area (Å²) in [5.41, 5.74) is 0.979. The van der Waals surface area contributed by atoms with E-state index in [1.54, 1.807) is 25.1 Å². The molecule has 0 radical (unpaired) electrons. The van der Waals surface area contributed by atoms with Crippen molar-refractivity contribution in [1.82, 2.24) is 0 Å². The Bertz CT molecular complexity index is 779. The second-order valence-corrected chi connectivity index (χ2v) is 4.91. The Labute approximate surface area is 132 Å². The number of aromatic carboxylic acids is 1. The van der Waals surface area contributed by atoms with Crippen LogP contribution in [0.4, 0.5) is 0 Å². The molecular formula is C17H16O6. The van der Waals surface area contributed by atoms with Crippen molar-refractivity contribution in [2.45, 2.75) is 13.8 Å². The third-order valence-electron chi connectivity index (χ3n) is 3.55. The Morgan fingerprint density at radius 3 is 2.26 bits per heavy atom. The van der Waals surface area contributed by atoms with Gasteiger partial charge in [-0.3, -0.25) is 0 Å². The van der Waals surface area contributed by atoms with E-state index in [-0.39, 0.29) is 22.6 Å². The normalized spacial score (nSPS) is 10.2. The van der Waals surface area contributed by atoms with Crippen LogP contribution in [0.25, 0.3) is 0 Å². The third-order valence-corrected chi connectivity index (χ3v) is 3.55. The number of benzene rings is 2. The summed E-state index contributed by atoms with van der Waals surface area (Å²) in [5, 5.41) is 19.0. The van der Waals surface area contributed by atoms with E-state index in [4.69, 9.17) is 14.6 Å². The fourth-order valence-corrected chi connectivity index (χ4v) is 2.20. The van der Waals surface area contributed by atoms with Gasteiger partial charge in [-0.25, -0.2) is 9.59 Å². The van der Waals surface area contributed by atoms with E-state index in [0.717, 1.165) is 0 Å². The molecule has 2 aromatic rings. The molecule has 0 atom stereocenters. The van der Waals surface area contributed by atoms with Crippen molar-refractivity contribution in [3.63, 3.8) is 0 Å². The molecule has 23 heavy (non-hydrogen) atoms. The Morgan fingerprint density at radius 1 is 0.957 bits per heavy atom. The van der Waals surface area contributed by atoms with Gasteiger partial charge in [0.2, 0.25) is 0 Å². The molecule has 0 aliphatic heterocycles. The molecule has 0 aliphatic rings. The molecule has 0 amide bonds. The third kappa shape index (κ3) is 3.11. The first-order valence-electron chi connectivity index (χ1n) is 6.78. The molecule has 0 saturated carbocycles. The summed E-state index contributed by atoms with van der Waals surface area (Å²) in [4.78, 5) is 23.3. The maximum absolute atomic E-state index is 12.3. The SMILES string of the molecule is COc1cccc(C(=O)Oc2ccc(C(=O)O)c(C)c2O)c1C. The Morgan fingerprint density at radius 2 is 1.65 bits per heavy atom. The molecule has 2 aromatic carbocycles. The lowest BCUT2D eigenvalue weighted by Crippen LogP contribution is -2.11. The molecule has 6 nitrogen and oxygen atoms in total. The highest BCUT2D eigenvalue weighted by atomic mass is 16.5. The Kier molecular flexibility index (Phi) is 4.55.